The maximum Gasteiger partial charge on any atom is 0.306 e. The summed E-state index contributed by atoms with van der Waals surface area (Å²) in [6, 6.07) is 0.211. The molecule has 9 nitrogen and oxygen atoms in total. The number of hydrogen-bond acceptors (Lipinski definition) is 7. The van der Waals surface area contributed by atoms with Crippen molar-refractivity contribution in [1.82, 2.24) is 24.5 Å². The van der Waals surface area contributed by atoms with E-state index in [0.717, 1.165) is 42.8 Å². The molecule has 3 heterocycles. The number of hydrogen-bond donors (Lipinski definition) is 1. The number of carbonyl (C=O) groups excluding carboxylic acids is 2. The van der Waals surface area contributed by atoms with Crippen LogP contribution in [0.1, 0.15) is 49.6 Å². The molecule has 0 aromatic carbocycles. The highest BCUT2D eigenvalue weighted by molar-refractivity contribution is 5.81. The van der Waals surface area contributed by atoms with Gasteiger partial charge in [0.2, 0.25) is 5.95 Å². The van der Waals surface area contributed by atoms with Crippen LogP contribution in [0.25, 0.3) is 5.78 Å². The zero-order valence-corrected chi connectivity index (χ0v) is 16.1. The Labute approximate surface area is 157 Å². The molecular formula is C18H26N6O3. The van der Waals surface area contributed by atoms with Crippen molar-refractivity contribution in [3.63, 3.8) is 0 Å². The molecule has 1 saturated heterocycles. The van der Waals surface area contributed by atoms with Crippen molar-refractivity contribution in [3.05, 3.63) is 17.0 Å². The fourth-order valence-electron chi connectivity index (χ4n) is 3.58. The third-order valence-corrected chi connectivity index (χ3v) is 5.12. The Morgan fingerprint density at radius 2 is 2.04 bits per heavy atom. The van der Waals surface area contributed by atoms with Crippen molar-refractivity contribution in [2.24, 2.45) is 0 Å². The molecule has 2 aromatic rings. The van der Waals surface area contributed by atoms with Gasteiger partial charge in [0.25, 0.3) is 11.7 Å². The molecule has 146 valence electrons. The van der Waals surface area contributed by atoms with Gasteiger partial charge in [0.1, 0.15) is 0 Å². The largest absolute Gasteiger partial charge is 0.456 e. The van der Waals surface area contributed by atoms with Crippen LogP contribution in [-0.4, -0.2) is 55.6 Å². The molecule has 27 heavy (non-hydrogen) atoms. The first kappa shape index (κ1) is 19.1. The first-order valence-electron chi connectivity index (χ1n) is 9.30. The van der Waals surface area contributed by atoms with Crippen LogP contribution in [-0.2, 0) is 20.7 Å². The number of carbonyl (C=O) groups is 2. The van der Waals surface area contributed by atoms with Gasteiger partial charge in [-0.2, -0.15) is 9.50 Å². The minimum atomic E-state index is -0.398. The lowest BCUT2D eigenvalue weighted by atomic mass is 10.0. The number of nitrogens with zero attached hydrogens (tertiary/aromatic N) is 5. The van der Waals surface area contributed by atoms with Crippen LogP contribution in [0, 0.1) is 13.8 Å². The standard InChI is InChI=1S/C18H26N6O3/c1-11-6-4-5-9-23(11)15(25)10-27-16(26)8-7-14-12(2)20-18-21-17(19)22-24(18)13(14)3/h11H,4-10H2,1-3H3,(H2,19,22)/t11-/m0/s1. The number of nitrogen functional groups attached to an aromatic ring is 1. The molecule has 3 rings (SSSR count). The van der Waals surface area contributed by atoms with Gasteiger partial charge in [0, 0.05) is 30.4 Å². The number of piperidine rings is 1. The van der Waals surface area contributed by atoms with E-state index in [9.17, 15) is 9.59 Å². The van der Waals surface area contributed by atoms with Gasteiger partial charge in [-0.3, -0.25) is 9.59 Å². The molecule has 0 bridgehead atoms. The third-order valence-electron chi connectivity index (χ3n) is 5.12. The van der Waals surface area contributed by atoms with E-state index >= 15 is 0 Å². The molecule has 1 amide bonds. The second-order valence-electron chi connectivity index (χ2n) is 7.04. The molecule has 9 heteroatoms. The van der Waals surface area contributed by atoms with E-state index in [-0.39, 0.29) is 30.9 Å². The lowest BCUT2D eigenvalue weighted by molar-refractivity contribution is -0.153. The molecule has 1 atom stereocenters. The average molecular weight is 374 g/mol. The van der Waals surface area contributed by atoms with Crippen LogP contribution in [0.5, 0.6) is 0 Å². The van der Waals surface area contributed by atoms with Crippen molar-refractivity contribution >= 4 is 23.6 Å². The van der Waals surface area contributed by atoms with Crippen molar-refractivity contribution in [1.29, 1.82) is 0 Å². The topological polar surface area (TPSA) is 116 Å². The Hall–Kier alpha value is -2.71. The lowest BCUT2D eigenvalue weighted by Gasteiger charge is -2.33. The van der Waals surface area contributed by atoms with E-state index in [1.807, 2.05) is 20.8 Å². The van der Waals surface area contributed by atoms with Gasteiger partial charge in [-0.25, -0.2) is 4.98 Å². The summed E-state index contributed by atoms with van der Waals surface area (Å²) in [6.07, 6.45) is 3.76. The van der Waals surface area contributed by atoms with Crippen molar-refractivity contribution in [2.45, 2.75) is 58.9 Å². The smallest absolute Gasteiger partial charge is 0.306 e. The number of esters is 1. The zero-order chi connectivity index (χ0) is 19.6. The van der Waals surface area contributed by atoms with Gasteiger partial charge < -0.3 is 15.4 Å². The summed E-state index contributed by atoms with van der Waals surface area (Å²) in [5, 5.41) is 4.11. The first-order valence-corrected chi connectivity index (χ1v) is 9.30. The molecule has 0 aliphatic carbocycles. The molecule has 1 aliphatic rings. The van der Waals surface area contributed by atoms with Gasteiger partial charge in [-0.1, -0.05) is 0 Å². The summed E-state index contributed by atoms with van der Waals surface area (Å²) in [4.78, 5) is 34.6. The molecule has 0 unspecified atom stereocenters. The minimum absolute atomic E-state index is 0.121. The van der Waals surface area contributed by atoms with Crippen molar-refractivity contribution in [2.75, 3.05) is 18.9 Å². The predicted octanol–water partition coefficient (Wildman–Crippen LogP) is 1.20. The Kier molecular flexibility index (Phi) is 5.57. The number of ether oxygens (including phenoxy) is 1. The summed E-state index contributed by atoms with van der Waals surface area (Å²) >= 11 is 0. The predicted molar refractivity (Wildman–Crippen MR) is 99.0 cm³/mol. The van der Waals surface area contributed by atoms with Crippen LogP contribution >= 0.6 is 0 Å². The number of aryl methyl sites for hydroxylation is 2. The fraction of sp³-hybridized carbons (Fsp3) is 0.611. The van der Waals surface area contributed by atoms with Gasteiger partial charge >= 0.3 is 5.97 Å². The number of aromatic nitrogens is 4. The van der Waals surface area contributed by atoms with Crippen LogP contribution in [0.3, 0.4) is 0 Å². The summed E-state index contributed by atoms with van der Waals surface area (Å²) in [5.41, 5.74) is 8.15. The van der Waals surface area contributed by atoms with Crippen LogP contribution in [0.2, 0.25) is 0 Å². The fourth-order valence-corrected chi connectivity index (χ4v) is 3.58. The molecule has 0 saturated carbocycles. The molecule has 2 aromatic heterocycles. The molecule has 0 radical (unpaired) electrons. The van der Waals surface area contributed by atoms with Crippen LogP contribution in [0.15, 0.2) is 0 Å². The highest BCUT2D eigenvalue weighted by Crippen LogP contribution is 2.18. The number of amides is 1. The van der Waals surface area contributed by atoms with E-state index in [2.05, 4.69) is 15.1 Å². The molecule has 1 fully saturated rings. The maximum absolute atomic E-state index is 12.3. The number of likely N-dealkylation sites (tertiary alicyclic amines) is 1. The monoisotopic (exact) mass is 374 g/mol. The first-order chi connectivity index (χ1) is 12.9. The van der Waals surface area contributed by atoms with Gasteiger partial charge in [0.15, 0.2) is 6.61 Å². The highest BCUT2D eigenvalue weighted by atomic mass is 16.5. The Balaban J connectivity index is 1.56. The normalized spacial score (nSPS) is 17.3. The van der Waals surface area contributed by atoms with E-state index < -0.39 is 5.97 Å². The minimum Gasteiger partial charge on any atom is -0.456 e. The second-order valence-corrected chi connectivity index (χ2v) is 7.04. The third kappa shape index (κ3) is 4.17. The molecular weight excluding hydrogens is 348 g/mol. The van der Waals surface area contributed by atoms with Crippen molar-refractivity contribution in [3.8, 4) is 0 Å². The zero-order valence-electron chi connectivity index (χ0n) is 16.1. The van der Waals surface area contributed by atoms with E-state index in [1.54, 1.807) is 9.42 Å². The number of rotatable bonds is 5. The Morgan fingerprint density at radius 3 is 2.78 bits per heavy atom. The Morgan fingerprint density at radius 1 is 1.26 bits per heavy atom. The molecule has 2 N–H and O–H groups in total. The summed E-state index contributed by atoms with van der Waals surface area (Å²) < 4.78 is 6.77. The SMILES string of the molecule is Cc1nc2nc(N)nn2c(C)c1CCC(=O)OCC(=O)N1CCCC[C@@H]1C. The molecule has 0 spiro atoms. The lowest BCUT2D eigenvalue weighted by Crippen LogP contribution is -2.44. The Bertz CT molecular complexity index is 862. The van der Waals surface area contributed by atoms with Crippen molar-refractivity contribution < 1.29 is 14.3 Å². The van der Waals surface area contributed by atoms with E-state index in [0.29, 0.717) is 12.2 Å². The van der Waals surface area contributed by atoms with Gasteiger partial charge in [-0.15, -0.1) is 5.10 Å². The van der Waals surface area contributed by atoms with Gasteiger partial charge in [0.05, 0.1) is 0 Å². The number of nitrogens with two attached hydrogens (primary N) is 1. The summed E-state index contributed by atoms with van der Waals surface area (Å²) in [7, 11) is 0. The van der Waals surface area contributed by atoms with E-state index in [1.165, 1.54) is 0 Å². The second kappa shape index (κ2) is 7.89. The van der Waals surface area contributed by atoms with Gasteiger partial charge in [-0.05, 0) is 52.0 Å². The summed E-state index contributed by atoms with van der Waals surface area (Å²) in [6.45, 7) is 6.32. The highest BCUT2D eigenvalue weighted by Gasteiger charge is 2.24. The number of fused-ring (bicyclic) bond motifs is 1. The summed E-state index contributed by atoms with van der Waals surface area (Å²) in [5.74, 6) is 0.0798. The van der Waals surface area contributed by atoms with Crippen LogP contribution in [0.4, 0.5) is 5.95 Å². The quantitative estimate of drug-likeness (QED) is 0.782. The maximum atomic E-state index is 12.3. The average Bonchev–Trinajstić information content (AvgIpc) is 3.00. The molecule has 1 aliphatic heterocycles. The van der Waals surface area contributed by atoms with Crippen LogP contribution < -0.4 is 5.73 Å². The number of anilines is 1. The van der Waals surface area contributed by atoms with E-state index in [4.69, 9.17) is 10.5 Å².